The van der Waals surface area contributed by atoms with Gasteiger partial charge in [-0.2, -0.15) is 5.10 Å². The standard InChI is InChI=1S/C33H47ClN2O4/c1-3-4-5-6-7-8-9-10-11-12-13-14-15-16-17-22-32(37)36-35-26-27-23-24-30(31(25-27)39-2)40-33(38)28-20-18-19-21-29(28)34/h18-21,23-26H,3-17,22H2,1-2H3,(H,36,37)/b35-26+. The summed E-state index contributed by atoms with van der Waals surface area (Å²) in [5, 5.41) is 4.36. The van der Waals surface area contributed by atoms with Gasteiger partial charge >= 0.3 is 5.97 Å². The van der Waals surface area contributed by atoms with Gasteiger partial charge in [0.1, 0.15) is 0 Å². The van der Waals surface area contributed by atoms with Crippen molar-refractivity contribution >= 4 is 29.7 Å². The van der Waals surface area contributed by atoms with E-state index >= 15 is 0 Å². The van der Waals surface area contributed by atoms with E-state index in [1.807, 2.05) is 0 Å². The first-order chi connectivity index (χ1) is 19.5. The highest BCUT2D eigenvalue weighted by Crippen LogP contribution is 2.29. The predicted octanol–water partition coefficient (Wildman–Crippen LogP) is 9.28. The van der Waals surface area contributed by atoms with Crippen LogP contribution in [0.4, 0.5) is 0 Å². The molecule has 0 saturated carbocycles. The summed E-state index contributed by atoms with van der Waals surface area (Å²) < 4.78 is 10.8. The van der Waals surface area contributed by atoms with Crippen molar-refractivity contribution in [3.05, 3.63) is 58.6 Å². The molecule has 0 unspecified atom stereocenters. The van der Waals surface area contributed by atoms with Crippen molar-refractivity contribution in [1.29, 1.82) is 0 Å². The summed E-state index contributed by atoms with van der Waals surface area (Å²) in [7, 11) is 1.49. The molecule has 7 heteroatoms. The lowest BCUT2D eigenvalue weighted by molar-refractivity contribution is -0.121. The highest BCUT2D eigenvalue weighted by molar-refractivity contribution is 6.33. The highest BCUT2D eigenvalue weighted by Gasteiger charge is 2.15. The Kier molecular flexibility index (Phi) is 17.5. The first-order valence-corrected chi connectivity index (χ1v) is 15.4. The number of hydrazone groups is 1. The number of esters is 1. The molecule has 0 heterocycles. The second-order valence-corrected chi connectivity index (χ2v) is 10.7. The van der Waals surface area contributed by atoms with Gasteiger partial charge in [0.15, 0.2) is 11.5 Å². The van der Waals surface area contributed by atoms with Gasteiger partial charge in [0.05, 0.1) is 23.9 Å². The van der Waals surface area contributed by atoms with Crippen molar-refractivity contribution in [2.45, 2.75) is 110 Å². The zero-order chi connectivity index (χ0) is 28.8. The molecular formula is C33H47ClN2O4. The Hall–Kier alpha value is -2.86. The van der Waals surface area contributed by atoms with Crippen LogP contribution in [0.1, 0.15) is 126 Å². The van der Waals surface area contributed by atoms with E-state index in [2.05, 4.69) is 17.5 Å². The van der Waals surface area contributed by atoms with E-state index in [1.54, 1.807) is 42.5 Å². The number of amides is 1. The number of nitrogens with zero attached hydrogens (tertiary/aromatic N) is 1. The quantitative estimate of drug-likeness (QED) is 0.0533. The van der Waals surface area contributed by atoms with Crippen LogP contribution in [-0.4, -0.2) is 25.2 Å². The molecule has 0 atom stereocenters. The molecule has 0 aliphatic carbocycles. The number of ether oxygens (including phenoxy) is 2. The summed E-state index contributed by atoms with van der Waals surface area (Å²) in [6, 6.07) is 11.7. The van der Waals surface area contributed by atoms with Crippen molar-refractivity contribution in [3.63, 3.8) is 0 Å². The zero-order valence-corrected chi connectivity index (χ0v) is 25.1. The van der Waals surface area contributed by atoms with Gasteiger partial charge < -0.3 is 9.47 Å². The molecule has 0 aliphatic heterocycles. The fraction of sp³-hybridized carbons (Fsp3) is 0.545. The number of methoxy groups -OCH3 is 1. The molecule has 0 radical (unpaired) electrons. The van der Waals surface area contributed by atoms with Gasteiger partial charge in [-0.1, -0.05) is 121 Å². The van der Waals surface area contributed by atoms with E-state index in [0.717, 1.165) is 12.8 Å². The van der Waals surface area contributed by atoms with Crippen molar-refractivity contribution in [2.75, 3.05) is 7.11 Å². The molecule has 2 rings (SSSR count). The first kappa shape index (κ1) is 33.3. The monoisotopic (exact) mass is 570 g/mol. The van der Waals surface area contributed by atoms with Gasteiger partial charge in [-0.3, -0.25) is 4.79 Å². The average Bonchev–Trinajstić information content (AvgIpc) is 2.96. The van der Waals surface area contributed by atoms with Gasteiger partial charge in [-0.05, 0) is 42.3 Å². The molecule has 0 spiro atoms. The van der Waals surface area contributed by atoms with Crippen LogP contribution in [0.2, 0.25) is 5.02 Å². The maximum atomic E-state index is 12.4. The van der Waals surface area contributed by atoms with Crippen LogP contribution in [0, 0.1) is 0 Å². The molecule has 0 bridgehead atoms. The molecule has 2 aromatic rings. The minimum atomic E-state index is -0.573. The fourth-order valence-corrected chi connectivity index (χ4v) is 4.73. The van der Waals surface area contributed by atoms with Crippen LogP contribution >= 0.6 is 11.6 Å². The Labute approximate surface area is 245 Å². The van der Waals surface area contributed by atoms with Gasteiger partial charge in [0.2, 0.25) is 5.91 Å². The fourth-order valence-electron chi connectivity index (χ4n) is 4.52. The molecular weight excluding hydrogens is 524 g/mol. The zero-order valence-electron chi connectivity index (χ0n) is 24.4. The number of hydrogen-bond acceptors (Lipinski definition) is 5. The Bertz CT molecular complexity index is 1040. The molecule has 0 aliphatic rings. The summed E-state index contributed by atoms with van der Waals surface area (Å²) in [5.41, 5.74) is 3.55. The third-order valence-electron chi connectivity index (χ3n) is 6.89. The molecule has 0 aromatic heterocycles. The number of halogens is 1. The maximum absolute atomic E-state index is 12.4. The van der Waals surface area contributed by atoms with E-state index < -0.39 is 5.97 Å². The Morgan fingerprint density at radius 2 is 1.38 bits per heavy atom. The third-order valence-corrected chi connectivity index (χ3v) is 7.22. The number of benzene rings is 2. The van der Waals surface area contributed by atoms with Crippen LogP contribution in [0.3, 0.4) is 0 Å². The molecule has 1 N–H and O–H groups in total. The van der Waals surface area contributed by atoms with Gasteiger partial charge in [0.25, 0.3) is 0 Å². The van der Waals surface area contributed by atoms with Gasteiger partial charge in [0, 0.05) is 6.42 Å². The van der Waals surface area contributed by atoms with E-state index in [4.69, 9.17) is 21.1 Å². The third kappa shape index (κ3) is 14.0. The van der Waals surface area contributed by atoms with E-state index in [0.29, 0.717) is 22.8 Å². The summed E-state index contributed by atoms with van der Waals surface area (Å²) in [6.07, 6.45) is 21.5. The highest BCUT2D eigenvalue weighted by atomic mass is 35.5. The second-order valence-electron chi connectivity index (χ2n) is 10.3. The molecule has 6 nitrogen and oxygen atoms in total. The van der Waals surface area contributed by atoms with Gasteiger partial charge in [-0.25, -0.2) is 10.2 Å². The van der Waals surface area contributed by atoms with Crippen LogP contribution in [0.25, 0.3) is 0 Å². The molecule has 0 saturated heterocycles. The lowest BCUT2D eigenvalue weighted by Crippen LogP contribution is -2.16. The van der Waals surface area contributed by atoms with Crippen molar-refractivity contribution in [3.8, 4) is 11.5 Å². The number of carbonyl (C=O) groups is 2. The summed E-state index contributed by atoms with van der Waals surface area (Å²) in [5.74, 6) is -0.0326. The van der Waals surface area contributed by atoms with Crippen molar-refractivity contribution in [2.24, 2.45) is 5.10 Å². The number of unbranched alkanes of at least 4 members (excludes halogenated alkanes) is 14. The normalized spacial score (nSPS) is 11.1. The minimum Gasteiger partial charge on any atom is -0.493 e. The average molecular weight is 571 g/mol. The topological polar surface area (TPSA) is 77.0 Å². The smallest absolute Gasteiger partial charge is 0.345 e. The number of nitrogens with one attached hydrogen (secondary N) is 1. The lowest BCUT2D eigenvalue weighted by Gasteiger charge is -2.10. The van der Waals surface area contributed by atoms with Crippen molar-refractivity contribution < 1.29 is 19.1 Å². The molecule has 0 fully saturated rings. The largest absolute Gasteiger partial charge is 0.493 e. The van der Waals surface area contributed by atoms with Crippen LogP contribution in [0.15, 0.2) is 47.6 Å². The minimum absolute atomic E-state index is 0.0943. The molecule has 220 valence electrons. The SMILES string of the molecule is CCCCCCCCCCCCCCCCCC(=O)N/N=C/c1ccc(OC(=O)c2ccccc2Cl)c(OC)c1. The molecule has 1 amide bonds. The van der Waals surface area contributed by atoms with Crippen LogP contribution in [-0.2, 0) is 4.79 Å². The van der Waals surface area contributed by atoms with E-state index in [-0.39, 0.29) is 17.2 Å². The van der Waals surface area contributed by atoms with Crippen LogP contribution < -0.4 is 14.9 Å². The van der Waals surface area contributed by atoms with Crippen molar-refractivity contribution in [1.82, 2.24) is 5.43 Å². The van der Waals surface area contributed by atoms with E-state index in [1.165, 1.54) is 96.8 Å². The number of rotatable bonds is 21. The Morgan fingerprint density at radius 1 is 0.800 bits per heavy atom. The Morgan fingerprint density at radius 3 is 1.95 bits per heavy atom. The summed E-state index contributed by atoms with van der Waals surface area (Å²) in [6.45, 7) is 2.27. The second kappa shape index (κ2) is 21.0. The number of hydrogen-bond donors (Lipinski definition) is 1. The number of carbonyl (C=O) groups excluding carboxylic acids is 2. The first-order valence-electron chi connectivity index (χ1n) is 15.0. The van der Waals surface area contributed by atoms with Crippen LogP contribution in [0.5, 0.6) is 11.5 Å². The van der Waals surface area contributed by atoms with Gasteiger partial charge in [-0.15, -0.1) is 0 Å². The summed E-state index contributed by atoms with van der Waals surface area (Å²) >= 11 is 6.08. The summed E-state index contributed by atoms with van der Waals surface area (Å²) in [4.78, 5) is 24.6. The Balaban J connectivity index is 1.56. The molecule has 40 heavy (non-hydrogen) atoms. The maximum Gasteiger partial charge on any atom is 0.345 e. The predicted molar refractivity (Wildman–Crippen MR) is 165 cm³/mol. The lowest BCUT2D eigenvalue weighted by atomic mass is 10.0. The molecule has 2 aromatic carbocycles. The van der Waals surface area contributed by atoms with E-state index in [9.17, 15) is 9.59 Å².